The Bertz CT molecular complexity index is 1160. The van der Waals surface area contributed by atoms with Crippen molar-refractivity contribution in [3.05, 3.63) is 63.0 Å². The maximum absolute atomic E-state index is 13.4. The molecule has 1 aliphatic carbocycles. The lowest BCUT2D eigenvalue weighted by Crippen LogP contribution is -2.31. The zero-order valence-corrected chi connectivity index (χ0v) is 17.6. The fraction of sp³-hybridized carbons (Fsp3) is 0.409. The number of hydrogen-bond donors (Lipinski definition) is 1. The zero-order valence-electron chi connectivity index (χ0n) is 16.8. The Balaban J connectivity index is 1.85. The van der Waals surface area contributed by atoms with Gasteiger partial charge in [0.05, 0.1) is 41.4 Å². The molecule has 31 heavy (non-hydrogen) atoms. The van der Waals surface area contributed by atoms with Gasteiger partial charge in [-0.25, -0.2) is 4.79 Å². The Morgan fingerprint density at radius 3 is 2.42 bits per heavy atom. The SMILES string of the molecule is COc1ccc(Cn2c(=O)n(C3CCC(O)CC3)c3ccc(C(F)(F)F)cc32)cc1Cl. The number of imidazole rings is 1. The molecule has 5 nitrogen and oxygen atoms in total. The van der Waals surface area contributed by atoms with Crippen LogP contribution in [0.15, 0.2) is 41.2 Å². The highest BCUT2D eigenvalue weighted by atomic mass is 35.5. The highest BCUT2D eigenvalue weighted by molar-refractivity contribution is 6.32. The van der Waals surface area contributed by atoms with Gasteiger partial charge in [0.2, 0.25) is 0 Å². The molecule has 0 bridgehead atoms. The van der Waals surface area contributed by atoms with Crippen LogP contribution in [0.3, 0.4) is 0 Å². The predicted octanol–water partition coefficient (Wildman–Crippen LogP) is 5.01. The number of hydrogen-bond acceptors (Lipinski definition) is 3. The minimum Gasteiger partial charge on any atom is -0.495 e. The normalized spacial score (nSPS) is 19.7. The molecule has 1 N–H and O–H groups in total. The highest BCUT2D eigenvalue weighted by Gasteiger charge is 2.32. The van der Waals surface area contributed by atoms with Crippen molar-refractivity contribution >= 4 is 22.6 Å². The number of ether oxygens (including phenoxy) is 1. The molecule has 0 saturated heterocycles. The summed E-state index contributed by atoms with van der Waals surface area (Å²) < 4.78 is 48.2. The summed E-state index contributed by atoms with van der Waals surface area (Å²) >= 11 is 6.19. The van der Waals surface area contributed by atoms with Gasteiger partial charge < -0.3 is 9.84 Å². The molecule has 0 atom stereocenters. The van der Waals surface area contributed by atoms with E-state index in [9.17, 15) is 23.1 Å². The van der Waals surface area contributed by atoms with Crippen molar-refractivity contribution in [3.63, 3.8) is 0 Å². The largest absolute Gasteiger partial charge is 0.495 e. The summed E-state index contributed by atoms with van der Waals surface area (Å²) in [5, 5.41) is 10.2. The quantitative estimate of drug-likeness (QED) is 0.603. The van der Waals surface area contributed by atoms with Crippen LogP contribution in [0.1, 0.15) is 42.9 Å². The molecular formula is C22H22ClF3N2O3. The third-order valence-electron chi connectivity index (χ3n) is 5.88. The average Bonchev–Trinajstić information content (AvgIpc) is 2.99. The standard InChI is InChI=1S/C22H22ClF3N2O3/c1-31-20-9-2-13(10-17(20)23)12-27-19-11-14(22(24,25)26)3-8-18(19)28(21(27)30)15-4-6-16(29)7-5-15/h2-3,8-11,15-16,29H,4-7,12H2,1H3. The van der Waals surface area contributed by atoms with Crippen molar-refractivity contribution in [2.45, 2.75) is 50.6 Å². The van der Waals surface area contributed by atoms with Crippen LogP contribution in [-0.4, -0.2) is 27.5 Å². The maximum Gasteiger partial charge on any atom is 0.416 e. The number of fused-ring (bicyclic) bond motifs is 1. The lowest BCUT2D eigenvalue weighted by atomic mass is 9.93. The number of aliphatic hydroxyl groups is 1. The number of benzene rings is 2. The van der Waals surface area contributed by atoms with Gasteiger partial charge in [-0.1, -0.05) is 17.7 Å². The molecule has 3 aromatic rings. The first-order valence-corrected chi connectivity index (χ1v) is 10.4. The summed E-state index contributed by atoms with van der Waals surface area (Å²) in [6, 6.07) is 8.25. The molecule has 0 spiro atoms. The molecule has 1 saturated carbocycles. The highest BCUT2D eigenvalue weighted by Crippen LogP contribution is 2.34. The predicted molar refractivity (Wildman–Crippen MR) is 112 cm³/mol. The Morgan fingerprint density at radius 1 is 1.10 bits per heavy atom. The van der Waals surface area contributed by atoms with Gasteiger partial charge in [-0.3, -0.25) is 9.13 Å². The van der Waals surface area contributed by atoms with Gasteiger partial charge >= 0.3 is 11.9 Å². The first-order valence-electron chi connectivity index (χ1n) is 10.0. The van der Waals surface area contributed by atoms with Crippen LogP contribution >= 0.6 is 11.6 Å². The van der Waals surface area contributed by atoms with Gasteiger partial charge in [0.15, 0.2) is 0 Å². The molecule has 0 radical (unpaired) electrons. The molecule has 2 aromatic carbocycles. The first-order chi connectivity index (χ1) is 14.7. The van der Waals surface area contributed by atoms with E-state index in [4.69, 9.17) is 16.3 Å². The summed E-state index contributed by atoms with van der Waals surface area (Å²) in [6.45, 7) is 0.0721. The lowest BCUT2D eigenvalue weighted by Gasteiger charge is -2.26. The van der Waals surface area contributed by atoms with Crippen LogP contribution in [0, 0.1) is 0 Å². The monoisotopic (exact) mass is 454 g/mol. The first kappa shape index (κ1) is 21.8. The molecule has 0 amide bonds. The summed E-state index contributed by atoms with van der Waals surface area (Å²) in [5.74, 6) is 0.473. The number of methoxy groups -OCH3 is 1. The summed E-state index contributed by atoms with van der Waals surface area (Å²) in [7, 11) is 1.48. The molecular weight excluding hydrogens is 433 g/mol. The lowest BCUT2D eigenvalue weighted by molar-refractivity contribution is -0.137. The van der Waals surface area contributed by atoms with Gasteiger partial charge in [0.1, 0.15) is 5.75 Å². The number of halogens is 4. The van der Waals surface area contributed by atoms with E-state index >= 15 is 0 Å². The second kappa shape index (κ2) is 8.24. The van der Waals surface area contributed by atoms with Crippen molar-refractivity contribution in [2.75, 3.05) is 7.11 Å². The fourth-order valence-electron chi connectivity index (χ4n) is 4.27. The molecule has 4 rings (SSSR count). The molecule has 1 aliphatic rings. The number of rotatable bonds is 4. The van der Waals surface area contributed by atoms with Gasteiger partial charge in [-0.15, -0.1) is 0 Å². The van der Waals surface area contributed by atoms with Gasteiger partial charge in [-0.05, 0) is 61.6 Å². The van der Waals surface area contributed by atoms with E-state index in [0.29, 0.717) is 47.5 Å². The third kappa shape index (κ3) is 4.19. The van der Waals surface area contributed by atoms with Gasteiger partial charge in [0, 0.05) is 6.04 Å². The van der Waals surface area contributed by atoms with E-state index in [-0.39, 0.29) is 23.8 Å². The van der Waals surface area contributed by atoms with E-state index in [1.807, 2.05) is 0 Å². The Hall–Kier alpha value is -2.45. The van der Waals surface area contributed by atoms with Gasteiger partial charge in [0.25, 0.3) is 0 Å². The van der Waals surface area contributed by atoms with Crippen molar-refractivity contribution < 1.29 is 23.0 Å². The van der Waals surface area contributed by atoms with Crippen LogP contribution in [0.5, 0.6) is 5.75 Å². The molecule has 9 heteroatoms. The van der Waals surface area contributed by atoms with Crippen molar-refractivity contribution in [3.8, 4) is 5.75 Å². The van der Waals surface area contributed by atoms with E-state index in [1.54, 1.807) is 22.8 Å². The topological polar surface area (TPSA) is 56.4 Å². The molecule has 1 fully saturated rings. The van der Waals surface area contributed by atoms with Crippen molar-refractivity contribution in [1.82, 2.24) is 9.13 Å². The van der Waals surface area contributed by atoms with Crippen molar-refractivity contribution in [1.29, 1.82) is 0 Å². The fourth-order valence-corrected chi connectivity index (χ4v) is 4.55. The summed E-state index contributed by atoms with van der Waals surface area (Å²) in [4.78, 5) is 13.4. The molecule has 0 unspecified atom stereocenters. The minimum absolute atomic E-state index is 0.0721. The molecule has 0 aliphatic heterocycles. The van der Waals surface area contributed by atoms with Gasteiger partial charge in [-0.2, -0.15) is 13.2 Å². The Morgan fingerprint density at radius 2 is 1.81 bits per heavy atom. The minimum atomic E-state index is -4.52. The number of aromatic nitrogens is 2. The van der Waals surface area contributed by atoms with Crippen LogP contribution in [0.2, 0.25) is 5.02 Å². The zero-order chi connectivity index (χ0) is 22.3. The number of aliphatic hydroxyl groups excluding tert-OH is 1. The van der Waals surface area contributed by atoms with Crippen LogP contribution in [0.4, 0.5) is 13.2 Å². The third-order valence-corrected chi connectivity index (χ3v) is 6.17. The molecule has 1 aromatic heterocycles. The molecule has 166 valence electrons. The average molecular weight is 455 g/mol. The van der Waals surface area contributed by atoms with E-state index in [2.05, 4.69) is 0 Å². The number of alkyl halides is 3. The van der Waals surface area contributed by atoms with Crippen LogP contribution in [-0.2, 0) is 12.7 Å². The molecule has 1 heterocycles. The second-order valence-corrected chi connectivity index (χ2v) is 8.28. The summed E-state index contributed by atoms with van der Waals surface area (Å²) in [5.41, 5.74) is 0.167. The maximum atomic E-state index is 13.4. The second-order valence-electron chi connectivity index (χ2n) is 7.87. The summed E-state index contributed by atoms with van der Waals surface area (Å²) in [6.07, 6.45) is -2.63. The number of nitrogens with zero attached hydrogens (tertiary/aromatic N) is 2. The Labute approximate surface area is 181 Å². The smallest absolute Gasteiger partial charge is 0.416 e. The van der Waals surface area contributed by atoms with Crippen LogP contribution < -0.4 is 10.4 Å². The van der Waals surface area contributed by atoms with Crippen LogP contribution in [0.25, 0.3) is 11.0 Å². The van der Waals surface area contributed by atoms with E-state index in [1.165, 1.54) is 17.7 Å². The van der Waals surface area contributed by atoms with Crippen molar-refractivity contribution in [2.24, 2.45) is 0 Å². The van der Waals surface area contributed by atoms with E-state index < -0.39 is 17.8 Å². The Kier molecular flexibility index (Phi) is 5.79. The van der Waals surface area contributed by atoms with E-state index in [0.717, 1.165) is 12.1 Å².